The Balaban J connectivity index is 2.67. The normalized spacial score (nSPS) is 12.6. The molecule has 0 aliphatic heterocycles. The van der Waals surface area contributed by atoms with Crippen molar-refractivity contribution in [3.05, 3.63) is 24.0 Å². The van der Waals surface area contributed by atoms with Crippen LogP contribution < -0.4 is 5.46 Å². The average molecular weight is 252 g/mol. The fraction of sp³-hybridized carbons (Fsp3) is 0.583. The van der Waals surface area contributed by atoms with Gasteiger partial charge in [0.2, 0.25) is 0 Å². The Labute approximate surface area is 106 Å². The molecule has 0 amide bonds. The van der Waals surface area contributed by atoms with Crippen LogP contribution in [0.3, 0.4) is 0 Å². The van der Waals surface area contributed by atoms with Gasteiger partial charge in [0, 0.05) is 17.5 Å². The number of rotatable bonds is 5. The summed E-state index contributed by atoms with van der Waals surface area (Å²) in [5.74, 6) is 0. The van der Waals surface area contributed by atoms with Crippen LogP contribution in [-0.4, -0.2) is 28.3 Å². The zero-order valence-corrected chi connectivity index (χ0v) is 12.1. The number of aromatic nitrogens is 1. The Morgan fingerprint density at radius 1 is 1.35 bits per heavy atom. The molecule has 3 nitrogen and oxygen atoms in total. The summed E-state index contributed by atoms with van der Waals surface area (Å²) in [6.45, 7) is 8.29. The number of nitrogens with zero attached hydrogens (tertiary/aromatic N) is 1. The summed E-state index contributed by atoms with van der Waals surface area (Å²) < 4.78 is 5.81. The average Bonchev–Trinajstić information content (AvgIpc) is 2.25. The molecule has 93 valence electrons. The van der Waals surface area contributed by atoms with Gasteiger partial charge in [0.25, 0.3) is 0 Å². The number of aliphatic hydroxyl groups excluding tert-OH is 1. The largest absolute Gasteiger partial charge is 0.429 e. The fourth-order valence-corrected chi connectivity index (χ4v) is 1.09. The Bertz CT molecular complexity index is 377. The van der Waals surface area contributed by atoms with Crippen LogP contribution in [0.1, 0.15) is 33.3 Å². The summed E-state index contributed by atoms with van der Waals surface area (Å²) in [5.41, 5.74) is 1.34. The molecule has 1 radical (unpaired) electrons. The summed E-state index contributed by atoms with van der Waals surface area (Å²) in [4.78, 5) is 4.04. The minimum Gasteiger partial charge on any atom is -0.429 e. The molecule has 0 aromatic carbocycles. The van der Waals surface area contributed by atoms with Gasteiger partial charge >= 0.3 is 7.48 Å². The molecule has 0 aliphatic carbocycles. The zero-order valence-electron chi connectivity index (χ0n) is 10.9. The van der Waals surface area contributed by atoms with Crippen molar-refractivity contribution < 1.29 is 9.76 Å². The molecular formula is C12H20BNO2P. The van der Waals surface area contributed by atoms with E-state index in [2.05, 4.69) is 28.1 Å². The third-order valence-corrected chi connectivity index (χ3v) is 3.74. The predicted octanol–water partition coefficient (Wildman–Crippen LogP) is 1.27. The maximum Gasteiger partial charge on any atom is 0.332 e. The highest BCUT2D eigenvalue weighted by molar-refractivity contribution is 7.19. The van der Waals surface area contributed by atoms with Crippen molar-refractivity contribution in [3.8, 4) is 0 Å². The molecule has 0 saturated heterocycles. The Hall–Kier alpha value is -0.435. The lowest BCUT2D eigenvalue weighted by Gasteiger charge is -2.39. The monoisotopic (exact) mass is 252 g/mol. The summed E-state index contributed by atoms with van der Waals surface area (Å²) in [6, 6.07) is 1.86. The molecule has 0 aliphatic rings. The lowest BCUT2D eigenvalue weighted by molar-refractivity contribution is 0.0841. The first-order chi connectivity index (χ1) is 7.76. The van der Waals surface area contributed by atoms with Gasteiger partial charge in [0.15, 0.2) is 0 Å². The number of aliphatic hydroxyl groups is 1. The van der Waals surface area contributed by atoms with E-state index >= 15 is 0 Å². The van der Waals surface area contributed by atoms with Gasteiger partial charge < -0.3 is 9.76 Å². The summed E-state index contributed by atoms with van der Waals surface area (Å²) in [6.07, 6.45) is 3.35. The second-order valence-electron chi connectivity index (χ2n) is 5.25. The van der Waals surface area contributed by atoms with Crippen molar-refractivity contribution >= 4 is 22.2 Å². The van der Waals surface area contributed by atoms with Crippen LogP contribution >= 0.6 is 9.24 Å². The van der Waals surface area contributed by atoms with Gasteiger partial charge in [0.1, 0.15) is 0 Å². The van der Waals surface area contributed by atoms with Crippen LogP contribution in [0.2, 0.25) is 0 Å². The molecule has 0 bridgehead atoms. The standard InChI is InChI=1S/C12H20BNO2P/c1-11(2,12(3,4)17)16-13-10-5-9(8-15)6-14-7-10/h5-7,15H,8,17H2,1-4H3. The van der Waals surface area contributed by atoms with E-state index in [0.29, 0.717) is 0 Å². The number of hydrogen-bond donors (Lipinski definition) is 1. The topological polar surface area (TPSA) is 42.4 Å². The highest BCUT2D eigenvalue weighted by atomic mass is 31.0. The van der Waals surface area contributed by atoms with Gasteiger partial charge in [-0.2, -0.15) is 0 Å². The molecule has 0 saturated carbocycles. The molecule has 1 aromatic rings. The van der Waals surface area contributed by atoms with Gasteiger partial charge in [-0.05, 0) is 24.9 Å². The minimum absolute atomic E-state index is 0.00675. The van der Waals surface area contributed by atoms with E-state index in [0.717, 1.165) is 11.0 Å². The summed E-state index contributed by atoms with van der Waals surface area (Å²) >= 11 is 0. The summed E-state index contributed by atoms with van der Waals surface area (Å²) in [7, 11) is 4.48. The molecule has 1 aromatic heterocycles. The zero-order chi connectivity index (χ0) is 13.1. The van der Waals surface area contributed by atoms with Gasteiger partial charge in [-0.1, -0.05) is 19.9 Å². The maximum absolute atomic E-state index is 9.02. The van der Waals surface area contributed by atoms with Crippen molar-refractivity contribution in [2.45, 2.75) is 45.1 Å². The van der Waals surface area contributed by atoms with E-state index in [4.69, 9.17) is 9.76 Å². The molecule has 5 heteroatoms. The lowest BCUT2D eigenvalue weighted by atomic mass is 9.84. The van der Waals surface area contributed by atoms with Crippen molar-refractivity contribution in [2.75, 3.05) is 0 Å². The molecule has 1 unspecified atom stereocenters. The first-order valence-corrected chi connectivity index (χ1v) is 6.19. The van der Waals surface area contributed by atoms with E-state index in [1.807, 2.05) is 19.9 Å². The highest BCUT2D eigenvalue weighted by Crippen LogP contribution is 2.32. The van der Waals surface area contributed by atoms with E-state index in [1.165, 1.54) is 0 Å². The maximum atomic E-state index is 9.02. The van der Waals surface area contributed by atoms with Crippen molar-refractivity contribution in [1.82, 2.24) is 4.98 Å². The van der Waals surface area contributed by atoms with Crippen LogP contribution in [0.5, 0.6) is 0 Å². The van der Waals surface area contributed by atoms with Crippen LogP contribution in [0, 0.1) is 0 Å². The van der Waals surface area contributed by atoms with E-state index in [-0.39, 0.29) is 17.4 Å². The minimum atomic E-state index is -0.299. The first kappa shape index (κ1) is 14.6. The summed E-state index contributed by atoms with van der Waals surface area (Å²) in [5, 5.41) is 8.99. The highest BCUT2D eigenvalue weighted by Gasteiger charge is 2.33. The third-order valence-electron chi connectivity index (χ3n) is 3.04. The van der Waals surface area contributed by atoms with Crippen LogP contribution in [-0.2, 0) is 11.3 Å². The Morgan fingerprint density at radius 2 is 2.00 bits per heavy atom. The SMILES string of the molecule is CC(C)(P)C(C)(C)O[B]c1cncc(CO)c1. The third kappa shape index (κ3) is 4.06. The predicted molar refractivity (Wildman–Crippen MR) is 74.5 cm³/mol. The molecule has 17 heavy (non-hydrogen) atoms. The molecule has 0 fully saturated rings. The van der Waals surface area contributed by atoms with Crippen molar-refractivity contribution in [3.63, 3.8) is 0 Å². The molecule has 1 rings (SSSR count). The Morgan fingerprint density at radius 3 is 2.53 bits per heavy atom. The van der Waals surface area contributed by atoms with Gasteiger partial charge in [0.05, 0.1) is 12.2 Å². The van der Waals surface area contributed by atoms with E-state index in [9.17, 15) is 0 Å². The molecule has 1 N–H and O–H groups in total. The van der Waals surface area contributed by atoms with Crippen LogP contribution in [0.4, 0.5) is 0 Å². The molecule has 0 spiro atoms. The quantitative estimate of drug-likeness (QED) is 0.633. The van der Waals surface area contributed by atoms with Crippen LogP contribution in [0.25, 0.3) is 0 Å². The molecular weight excluding hydrogens is 232 g/mol. The second kappa shape index (κ2) is 5.47. The van der Waals surface area contributed by atoms with Crippen LogP contribution in [0.15, 0.2) is 18.5 Å². The number of hydrogen-bond acceptors (Lipinski definition) is 3. The van der Waals surface area contributed by atoms with E-state index in [1.54, 1.807) is 19.9 Å². The molecule has 1 heterocycles. The van der Waals surface area contributed by atoms with Crippen molar-refractivity contribution in [2.24, 2.45) is 0 Å². The first-order valence-electron chi connectivity index (χ1n) is 5.61. The Kier molecular flexibility index (Phi) is 4.71. The molecule has 1 atom stereocenters. The van der Waals surface area contributed by atoms with Crippen molar-refractivity contribution in [1.29, 1.82) is 0 Å². The van der Waals surface area contributed by atoms with E-state index < -0.39 is 0 Å². The van der Waals surface area contributed by atoms with Gasteiger partial charge in [-0.15, -0.1) is 9.24 Å². The van der Waals surface area contributed by atoms with Gasteiger partial charge in [-0.3, -0.25) is 4.98 Å². The lowest BCUT2D eigenvalue weighted by Crippen LogP contribution is -2.45. The fourth-order valence-electron chi connectivity index (χ4n) is 1.03. The smallest absolute Gasteiger partial charge is 0.332 e. The number of pyridine rings is 1. The van der Waals surface area contributed by atoms with Gasteiger partial charge in [-0.25, -0.2) is 0 Å². The second-order valence-corrected chi connectivity index (χ2v) is 6.70.